The zero-order chi connectivity index (χ0) is 19.5. The lowest BCUT2D eigenvalue weighted by Crippen LogP contribution is -2.18. The molecule has 6 nitrogen and oxygen atoms in total. The van der Waals surface area contributed by atoms with Gasteiger partial charge in [0, 0.05) is 23.0 Å². The average Bonchev–Trinajstić information content (AvgIpc) is 2.63. The lowest BCUT2D eigenvalue weighted by molar-refractivity contribution is -0.121. The van der Waals surface area contributed by atoms with E-state index in [0.29, 0.717) is 13.0 Å². The summed E-state index contributed by atoms with van der Waals surface area (Å²) in [5.74, 6) is 0.436. The van der Waals surface area contributed by atoms with Crippen molar-refractivity contribution >= 4 is 39.6 Å². The number of benzene rings is 2. The SMILES string of the molecule is CCOc1ccc(/C=N\NC(=O)CCCC(=O)Nc2cccc(Br)c2)cc1. The maximum absolute atomic E-state index is 11.9. The molecule has 0 saturated carbocycles. The molecule has 7 heteroatoms. The minimum Gasteiger partial charge on any atom is -0.494 e. The number of nitrogens with zero attached hydrogens (tertiary/aromatic N) is 1. The molecule has 2 aromatic rings. The molecule has 27 heavy (non-hydrogen) atoms. The Morgan fingerprint density at radius 1 is 1.11 bits per heavy atom. The van der Waals surface area contributed by atoms with Gasteiger partial charge in [-0.1, -0.05) is 22.0 Å². The summed E-state index contributed by atoms with van der Waals surface area (Å²) in [7, 11) is 0. The van der Waals surface area contributed by atoms with Crippen molar-refractivity contribution in [3.05, 3.63) is 58.6 Å². The number of hydrogen-bond acceptors (Lipinski definition) is 4. The van der Waals surface area contributed by atoms with Crippen LogP contribution in [-0.4, -0.2) is 24.6 Å². The lowest BCUT2D eigenvalue weighted by Gasteiger charge is -2.05. The third-order valence-electron chi connectivity index (χ3n) is 3.51. The van der Waals surface area contributed by atoms with E-state index in [1.54, 1.807) is 6.21 Å². The second-order valence-corrected chi connectivity index (χ2v) is 6.62. The first-order valence-electron chi connectivity index (χ1n) is 8.67. The Kier molecular flexibility index (Phi) is 8.51. The molecule has 0 heterocycles. The van der Waals surface area contributed by atoms with Crippen LogP contribution in [0.5, 0.6) is 5.75 Å². The molecule has 0 aliphatic rings. The number of amides is 2. The zero-order valence-electron chi connectivity index (χ0n) is 15.1. The molecule has 2 rings (SSSR count). The van der Waals surface area contributed by atoms with Gasteiger partial charge in [0.2, 0.25) is 11.8 Å². The number of halogens is 1. The van der Waals surface area contributed by atoms with Crippen LogP contribution in [0.15, 0.2) is 58.1 Å². The Bertz CT molecular complexity index is 791. The average molecular weight is 432 g/mol. The van der Waals surface area contributed by atoms with Crippen molar-refractivity contribution in [3.8, 4) is 5.75 Å². The number of carbonyl (C=O) groups excluding carboxylic acids is 2. The minimum atomic E-state index is -0.229. The first kappa shape index (κ1) is 20.6. The van der Waals surface area contributed by atoms with Crippen molar-refractivity contribution in [1.82, 2.24) is 5.43 Å². The van der Waals surface area contributed by atoms with Gasteiger partial charge in [-0.05, 0) is 61.4 Å². The standard InChI is InChI=1S/C20H22BrN3O3/c1-2-27-18-11-9-15(10-12-18)14-22-24-20(26)8-4-7-19(25)23-17-6-3-5-16(21)13-17/h3,5-6,9-14H,2,4,7-8H2,1H3,(H,23,25)(H,24,26)/b22-14-. The molecule has 0 aliphatic carbocycles. The normalized spacial score (nSPS) is 10.6. The summed E-state index contributed by atoms with van der Waals surface area (Å²) in [6.45, 7) is 2.54. The third-order valence-corrected chi connectivity index (χ3v) is 4.00. The van der Waals surface area contributed by atoms with Gasteiger partial charge in [-0.15, -0.1) is 0 Å². The molecule has 0 spiro atoms. The summed E-state index contributed by atoms with van der Waals surface area (Å²) in [5, 5.41) is 6.72. The summed E-state index contributed by atoms with van der Waals surface area (Å²) in [6.07, 6.45) is 2.51. The molecule has 0 radical (unpaired) electrons. The summed E-state index contributed by atoms with van der Waals surface area (Å²) in [6, 6.07) is 14.8. The van der Waals surface area contributed by atoms with Gasteiger partial charge < -0.3 is 10.1 Å². The van der Waals surface area contributed by atoms with Crippen LogP contribution >= 0.6 is 15.9 Å². The molecule has 2 aromatic carbocycles. The van der Waals surface area contributed by atoms with Crippen molar-refractivity contribution in [2.24, 2.45) is 5.10 Å². The van der Waals surface area contributed by atoms with Gasteiger partial charge in [-0.2, -0.15) is 5.10 Å². The van der Waals surface area contributed by atoms with E-state index in [2.05, 4.69) is 31.8 Å². The second-order valence-electron chi connectivity index (χ2n) is 5.71. The van der Waals surface area contributed by atoms with Crippen LogP contribution in [-0.2, 0) is 9.59 Å². The first-order chi connectivity index (χ1) is 13.1. The predicted octanol–water partition coefficient (Wildman–Crippen LogP) is 4.11. The van der Waals surface area contributed by atoms with Gasteiger partial charge in [0.05, 0.1) is 12.8 Å². The molecule has 0 atom stereocenters. The maximum atomic E-state index is 11.9. The van der Waals surface area contributed by atoms with Gasteiger partial charge in [-0.3, -0.25) is 9.59 Å². The van der Waals surface area contributed by atoms with Crippen molar-refractivity contribution in [2.75, 3.05) is 11.9 Å². The lowest BCUT2D eigenvalue weighted by atomic mass is 10.2. The Morgan fingerprint density at radius 3 is 2.56 bits per heavy atom. The van der Waals surface area contributed by atoms with E-state index in [-0.39, 0.29) is 24.7 Å². The van der Waals surface area contributed by atoms with E-state index < -0.39 is 0 Å². The van der Waals surface area contributed by atoms with Crippen LogP contribution in [0.25, 0.3) is 0 Å². The largest absolute Gasteiger partial charge is 0.494 e. The Morgan fingerprint density at radius 2 is 1.85 bits per heavy atom. The number of carbonyl (C=O) groups is 2. The van der Waals surface area contributed by atoms with Gasteiger partial charge in [-0.25, -0.2) is 5.43 Å². The number of nitrogens with one attached hydrogen (secondary N) is 2. The van der Waals surface area contributed by atoms with Crippen molar-refractivity contribution in [1.29, 1.82) is 0 Å². The monoisotopic (exact) mass is 431 g/mol. The fourth-order valence-electron chi connectivity index (χ4n) is 2.25. The van der Waals surface area contributed by atoms with Crippen molar-refractivity contribution < 1.29 is 14.3 Å². The van der Waals surface area contributed by atoms with Gasteiger partial charge in [0.1, 0.15) is 5.75 Å². The fraction of sp³-hybridized carbons (Fsp3) is 0.250. The Labute approximate surface area is 167 Å². The topological polar surface area (TPSA) is 79.8 Å². The highest BCUT2D eigenvalue weighted by molar-refractivity contribution is 9.10. The Balaban J connectivity index is 1.66. The molecule has 2 amide bonds. The third kappa shape index (κ3) is 8.04. The van der Waals surface area contributed by atoms with Crippen LogP contribution < -0.4 is 15.5 Å². The van der Waals surface area contributed by atoms with Crippen LogP contribution in [0.4, 0.5) is 5.69 Å². The molecule has 0 unspecified atom stereocenters. The smallest absolute Gasteiger partial charge is 0.240 e. The number of hydrogen-bond donors (Lipinski definition) is 2. The van der Waals surface area contributed by atoms with Crippen molar-refractivity contribution in [2.45, 2.75) is 26.2 Å². The summed E-state index contributed by atoms with van der Waals surface area (Å²) < 4.78 is 6.25. The summed E-state index contributed by atoms with van der Waals surface area (Å²) >= 11 is 3.35. The molecule has 142 valence electrons. The predicted molar refractivity (Wildman–Crippen MR) is 110 cm³/mol. The minimum absolute atomic E-state index is 0.126. The van der Waals surface area contributed by atoms with E-state index in [1.165, 1.54) is 0 Å². The summed E-state index contributed by atoms with van der Waals surface area (Å²) in [5.41, 5.74) is 4.04. The van der Waals surface area contributed by atoms with E-state index in [0.717, 1.165) is 21.5 Å². The summed E-state index contributed by atoms with van der Waals surface area (Å²) in [4.78, 5) is 23.7. The van der Waals surface area contributed by atoms with E-state index in [1.807, 2.05) is 55.5 Å². The molecular formula is C20H22BrN3O3. The molecule has 0 fully saturated rings. The molecule has 0 aromatic heterocycles. The zero-order valence-corrected chi connectivity index (χ0v) is 16.7. The van der Waals surface area contributed by atoms with E-state index in [4.69, 9.17) is 4.74 Å². The highest BCUT2D eigenvalue weighted by Crippen LogP contribution is 2.16. The highest BCUT2D eigenvalue weighted by Gasteiger charge is 2.05. The van der Waals surface area contributed by atoms with Crippen LogP contribution in [0.3, 0.4) is 0 Å². The number of anilines is 1. The van der Waals surface area contributed by atoms with Crippen molar-refractivity contribution in [3.63, 3.8) is 0 Å². The molecule has 0 aliphatic heterocycles. The van der Waals surface area contributed by atoms with E-state index in [9.17, 15) is 9.59 Å². The quantitative estimate of drug-likeness (QED) is 0.463. The van der Waals surface area contributed by atoms with Crippen LogP contribution in [0.2, 0.25) is 0 Å². The fourth-order valence-corrected chi connectivity index (χ4v) is 2.65. The number of rotatable bonds is 9. The van der Waals surface area contributed by atoms with Gasteiger partial charge in [0.15, 0.2) is 0 Å². The van der Waals surface area contributed by atoms with Gasteiger partial charge >= 0.3 is 0 Å². The van der Waals surface area contributed by atoms with Gasteiger partial charge in [0.25, 0.3) is 0 Å². The molecule has 0 bridgehead atoms. The van der Waals surface area contributed by atoms with Crippen LogP contribution in [0.1, 0.15) is 31.7 Å². The number of hydrazone groups is 1. The molecule has 0 saturated heterocycles. The molecule has 2 N–H and O–H groups in total. The van der Waals surface area contributed by atoms with E-state index >= 15 is 0 Å². The first-order valence-corrected chi connectivity index (χ1v) is 9.46. The number of ether oxygens (including phenoxy) is 1. The molecular weight excluding hydrogens is 410 g/mol. The van der Waals surface area contributed by atoms with Crippen LogP contribution in [0, 0.1) is 0 Å². The Hall–Kier alpha value is -2.67. The second kappa shape index (κ2) is 11.1. The maximum Gasteiger partial charge on any atom is 0.240 e. The highest BCUT2D eigenvalue weighted by atomic mass is 79.9.